The van der Waals surface area contributed by atoms with E-state index in [1.165, 1.54) is 31.2 Å². The summed E-state index contributed by atoms with van der Waals surface area (Å²) < 4.78 is 6.23. The van der Waals surface area contributed by atoms with Crippen molar-refractivity contribution in [3.05, 3.63) is 35.4 Å². The Labute approximate surface area is 126 Å². The standard InChI is InChI=1S/C18H22N2O/c19-9-14-2-1-3-15(8-14)10-20-11-16-6-7-17(20)18(16)21-12-13-4-5-13/h1-3,8,13,16-18H,4-7,10-12H2/t16-,17+,18-/m1/s1. The van der Waals surface area contributed by atoms with Gasteiger partial charge in [0.15, 0.2) is 0 Å². The predicted octanol–water partition coefficient (Wildman–Crippen LogP) is 2.95. The summed E-state index contributed by atoms with van der Waals surface area (Å²) in [6, 6.07) is 10.8. The topological polar surface area (TPSA) is 36.3 Å². The van der Waals surface area contributed by atoms with Gasteiger partial charge in [-0.3, -0.25) is 4.90 Å². The highest BCUT2D eigenvalue weighted by Crippen LogP contribution is 2.41. The van der Waals surface area contributed by atoms with E-state index < -0.39 is 0 Å². The molecule has 3 aliphatic rings. The van der Waals surface area contributed by atoms with Crippen molar-refractivity contribution in [2.75, 3.05) is 13.2 Å². The van der Waals surface area contributed by atoms with Gasteiger partial charge < -0.3 is 4.74 Å². The van der Waals surface area contributed by atoms with Gasteiger partial charge in [-0.05, 0) is 55.2 Å². The first kappa shape index (κ1) is 13.3. The summed E-state index contributed by atoms with van der Waals surface area (Å²) in [4.78, 5) is 2.57. The number of rotatable bonds is 5. The molecule has 110 valence electrons. The number of likely N-dealkylation sites (tertiary alicyclic amines) is 1. The Hall–Kier alpha value is -1.37. The fraction of sp³-hybridized carbons (Fsp3) is 0.611. The van der Waals surface area contributed by atoms with Gasteiger partial charge in [0, 0.05) is 25.7 Å². The number of hydrogen-bond acceptors (Lipinski definition) is 3. The summed E-state index contributed by atoms with van der Waals surface area (Å²) in [5.41, 5.74) is 2.01. The summed E-state index contributed by atoms with van der Waals surface area (Å²) in [5.74, 6) is 1.58. The third kappa shape index (κ3) is 2.71. The number of hydrogen-bond donors (Lipinski definition) is 0. The van der Waals surface area contributed by atoms with Crippen LogP contribution in [0.4, 0.5) is 0 Å². The van der Waals surface area contributed by atoms with E-state index in [0.29, 0.717) is 12.1 Å². The van der Waals surface area contributed by atoms with Crippen LogP contribution >= 0.6 is 0 Å². The molecule has 1 aromatic rings. The number of nitriles is 1. The fourth-order valence-electron chi connectivity index (χ4n) is 3.98. The van der Waals surface area contributed by atoms with Gasteiger partial charge in [0.25, 0.3) is 0 Å². The third-order valence-corrected chi connectivity index (χ3v) is 5.28. The van der Waals surface area contributed by atoms with Gasteiger partial charge in [-0.2, -0.15) is 5.26 Å². The van der Waals surface area contributed by atoms with E-state index in [4.69, 9.17) is 10.00 Å². The lowest BCUT2D eigenvalue weighted by Crippen LogP contribution is -2.34. The molecule has 2 saturated carbocycles. The predicted molar refractivity (Wildman–Crippen MR) is 80.5 cm³/mol. The molecule has 0 spiro atoms. The zero-order chi connectivity index (χ0) is 14.2. The lowest BCUT2D eigenvalue weighted by Gasteiger charge is -2.27. The van der Waals surface area contributed by atoms with Gasteiger partial charge in [0.2, 0.25) is 0 Å². The zero-order valence-corrected chi connectivity index (χ0v) is 12.4. The van der Waals surface area contributed by atoms with Crippen LogP contribution < -0.4 is 0 Å². The Bertz CT molecular complexity index is 561. The SMILES string of the molecule is N#Cc1cccc(CN2C[C@H]3CC[C@H]2[C@@H]3OCC2CC2)c1. The van der Waals surface area contributed by atoms with E-state index >= 15 is 0 Å². The highest BCUT2D eigenvalue weighted by Gasteiger charge is 2.47. The molecule has 0 unspecified atom stereocenters. The second-order valence-electron chi connectivity index (χ2n) is 6.89. The van der Waals surface area contributed by atoms with E-state index in [1.54, 1.807) is 0 Å². The van der Waals surface area contributed by atoms with E-state index in [0.717, 1.165) is 37.1 Å². The van der Waals surface area contributed by atoms with Crippen molar-refractivity contribution in [2.45, 2.75) is 44.4 Å². The van der Waals surface area contributed by atoms with E-state index in [2.05, 4.69) is 17.0 Å². The Morgan fingerprint density at radius 1 is 1.24 bits per heavy atom. The largest absolute Gasteiger partial charge is 0.376 e. The monoisotopic (exact) mass is 282 g/mol. The van der Waals surface area contributed by atoms with Crippen LogP contribution in [-0.4, -0.2) is 30.2 Å². The van der Waals surface area contributed by atoms with Crippen LogP contribution in [-0.2, 0) is 11.3 Å². The maximum absolute atomic E-state index is 9.01. The molecule has 3 fully saturated rings. The average molecular weight is 282 g/mol. The van der Waals surface area contributed by atoms with Gasteiger partial charge in [-0.1, -0.05) is 12.1 Å². The van der Waals surface area contributed by atoms with E-state index in [-0.39, 0.29) is 0 Å². The van der Waals surface area contributed by atoms with Crippen LogP contribution in [0.15, 0.2) is 24.3 Å². The molecule has 0 radical (unpaired) electrons. The van der Waals surface area contributed by atoms with Crippen LogP contribution in [0.3, 0.4) is 0 Å². The molecule has 3 heteroatoms. The minimum atomic E-state index is 0.463. The van der Waals surface area contributed by atoms with Crippen LogP contribution in [0.5, 0.6) is 0 Å². The number of nitrogens with zero attached hydrogens (tertiary/aromatic N) is 2. The van der Waals surface area contributed by atoms with Crippen molar-refractivity contribution in [2.24, 2.45) is 11.8 Å². The third-order valence-electron chi connectivity index (χ3n) is 5.28. The maximum Gasteiger partial charge on any atom is 0.0991 e. The summed E-state index contributed by atoms with van der Waals surface area (Å²) in [7, 11) is 0. The van der Waals surface area contributed by atoms with Gasteiger partial charge in [0.05, 0.1) is 17.7 Å². The van der Waals surface area contributed by atoms with Crippen molar-refractivity contribution in [1.82, 2.24) is 4.90 Å². The van der Waals surface area contributed by atoms with Crippen LogP contribution in [0.25, 0.3) is 0 Å². The quantitative estimate of drug-likeness (QED) is 0.833. The first-order chi connectivity index (χ1) is 10.3. The highest BCUT2D eigenvalue weighted by atomic mass is 16.5. The number of fused-ring (bicyclic) bond motifs is 2. The van der Waals surface area contributed by atoms with Crippen LogP contribution in [0.2, 0.25) is 0 Å². The lowest BCUT2D eigenvalue weighted by molar-refractivity contribution is 0.0207. The van der Waals surface area contributed by atoms with E-state index in [1.807, 2.05) is 18.2 Å². The molecule has 1 aliphatic heterocycles. The summed E-state index contributed by atoms with van der Waals surface area (Å²) in [6.45, 7) is 3.10. The van der Waals surface area contributed by atoms with Crippen molar-refractivity contribution in [1.29, 1.82) is 5.26 Å². The Balaban J connectivity index is 1.41. The van der Waals surface area contributed by atoms with Crippen LogP contribution in [0.1, 0.15) is 36.8 Å². The van der Waals surface area contributed by atoms with E-state index in [9.17, 15) is 0 Å². The van der Waals surface area contributed by atoms with Crippen molar-refractivity contribution >= 4 is 0 Å². The molecule has 2 bridgehead atoms. The van der Waals surface area contributed by atoms with Crippen molar-refractivity contribution in [3.63, 3.8) is 0 Å². The zero-order valence-electron chi connectivity index (χ0n) is 12.4. The van der Waals surface area contributed by atoms with Gasteiger partial charge in [-0.25, -0.2) is 0 Å². The smallest absolute Gasteiger partial charge is 0.0991 e. The number of benzene rings is 1. The minimum Gasteiger partial charge on any atom is -0.376 e. The summed E-state index contributed by atoms with van der Waals surface area (Å²) in [6.07, 6.45) is 5.80. The molecule has 0 aromatic heterocycles. The first-order valence-electron chi connectivity index (χ1n) is 8.18. The molecule has 2 aliphatic carbocycles. The Kier molecular flexibility index (Phi) is 3.45. The number of ether oxygens (including phenoxy) is 1. The molecule has 21 heavy (non-hydrogen) atoms. The molecule has 3 nitrogen and oxygen atoms in total. The average Bonchev–Trinajstić information content (AvgIpc) is 3.20. The lowest BCUT2D eigenvalue weighted by atomic mass is 10.1. The molecule has 1 aromatic carbocycles. The molecule has 1 heterocycles. The van der Waals surface area contributed by atoms with Gasteiger partial charge in [-0.15, -0.1) is 0 Å². The van der Waals surface area contributed by atoms with Gasteiger partial charge >= 0.3 is 0 Å². The molecular formula is C18H22N2O. The molecule has 1 saturated heterocycles. The molecule has 4 rings (SSSR count). The normalized spacial score (nSPS) is 31.5. The number of piperidine rings is 1. The maximum atomic E-state index is 9.01. The highest BCUT2D eigenvalue weighted by molar-refractivity contribution is 5.32. The Morgan fingerprint density at radius 3 is 2.95 bits per heavy atom. The second kappa shape index (κ2) is 5.44. The van der Waals surface area contributed by atoms with Crippen LogP contribution in [0, 0.1) is 23.2 Å². The van der Waals surface area contributed by atoms with Gasteiger partial charge in [0.1, 0.15) is 0 Å². The summed E-state index contributed by atoms with van der Waals surface area (Å²) in [5, 5.41) is 9.01. The van der Waals surface area contributed by atoms with Crippen molar-refractivity contribution in [3.8, 4) is 6.07 Å². The van der Waals surface area contributed by atoms with Crippen molar-refractivity contribution < 1.29 is 4.74 Å². The molecule has 3 atom stereocenters. The fourth-order valence-corrected chi connectivity index (χ4v) is 3.98. The second-order valence-corrected chi connectivity index (χ2v) is 6.89. The minimum absolute atomic E-state index is 0.463. The molecule has 0 amide bonds. The molecular weight excluding hydrogens is 260 g/mol. The molecule has 0 N–H and O–H groups in total. The first-order valence-corrected chi connectivity index (χ1v) is 8.18. The Morgan fingerprint density at radius 2 is 2.14 bits per heavy atom. The summed E-state index contributed by atoms with van der Waals surface area (Å²) >= 11 is 0.